The van der Waals surface area contributed by atoms with Crippen molar-refractivity contribution in [1.29, 1.82) is 0 Å². The molecule has 0 heterocycles. The van der Waals surface area contributed by atoms with Gasteiger partial charge in [0.05, 0.1) is 0 Å². The fourth-order valence-corrected chi connectivity index (χ4v) is 2.63. The van der Waals surface area contributed by atoms with Gasteiger partial charge in [0.2, 0.25) is 0 Å². The van der Waals surface area contributed by atoms with Crippen LogP contribution in [0.2, 0.25) is 11.6 Å². The summed E-state index contributed by atoms with van der Waals surface area (Å²) in [7, 11) is 2.62. The zero-order valence-electron chi connectivity index (χ0n) is 10.6. The molecule has 14 heavy (non-hydrogen) atoms. The van der Waals surface area contributed by atoms with E-state index in [1.807, 2.05) is 0 Å². The summed E-state index contributed by atoms with van der Waals surface area (Å²) in [6.07, 6.45) is 5.57. The quantitative estimate of drug-likeness (QED) is 0.577. The first-order valence-corrected chi connectivity index (χ1v) is 6.33. The standard InChI is InChI=1S/C13H26B/c1-6-11(3)14-12-9-7-8-10(2)13(12,4)5/h10-12H,6-9H2,1-5H3. The minimum atomic E-state index is 0.529. The van der Waals surface area contributed by atoms with E-state index in [0.29, 0.717) is 5.41 Å². The zero-order valence-corrected chi connectivity index (χ0v) is 10.6. The van der Waals surface area contributed by atoms with Crippen LogP contribution in [0.1, 0.15) is 60.3 Å². The lowest BCUT2D eigenvalue weighted by Crippen LogP contribution is -2.35. The fourth-order valence-electron chi connectivity index (χ4n) is 2.63. The highest BCUT2D eigenvalue weighted by Crippen LogP contribution is 2.49. The van der Waals surface area contributed by atoms with Gasteiger partial charge in [0.15, 0.2) is 0 Å². The van der Waals surface area contributed by atoms with Crippen LogP contribution in [0.5, 0.6) is 0 Å². The molecule has 3 atom stereocenters. The maximum atomic E-state index is 2.62. The average Bonchev–Trinajstić information content (AvgIpc) is 2.13. The summed E-state index contributed by atoms with van der Waals surface area (Å²) in [5.74, 6) is 2.53. The molecule has 1 fully saturated rings. The Morgan fingerprint density at radius 3 is 2.57 bits per heavy atom. The number of rotatable bonds is 3. The van der Waals surface area contributed by atoms with Gasteiger partial charge in [0.25, 0.3) is 0 Å². The van der Waals surface area contributed by atoms with E-state index in [9.17, 15) is 0 Å². The van der Waals surface area contributed by atoms with Crippen molar-refractivity contribution in [3.63, 3.8) is 0 Å². The Morgan fingerprint density at radius 1 is 1.36 bits per heavy atom. The molecular weight excluding hydrogens is 167 g/mol. The average molecular weight is 193 g/mol. The van der Waals surface area contributed by atoms with E-state index in [4.69, 9.17) is 0 Å². The molecular formula is C13H26B. The predicted molar refractivity (Wildman–Crippen MR) is 66.0 cm³/mol. The molecule has 0 aromatic carbocycles. The molecule has 0 bridgehead atoms. The van der Waals surface area contributed by atoms with E-state index in [0.717, 1.165) is 17.6 Å². The van der Waals surface area contributed by atoms with Crippen molar-refractivity contribution in [2.75, 3.05) is 0 Å². The maximum absolute atomic E-state index is 2.62. The van der Waals surface area contributed by atoms with Crippen LogP contribution >= 0.6 is 0 Å². The zero-order chi connectivity index (χ0) is 10.8. The molecule has 1 aliphatic rings. The molecule has 1 aliphatic carbocycles. The first kappa shape index (κ1) is 12.1. The van der Waals surface area contributed by atoms with Crippen molar-refractivity contribution in [2.45, 2.75) is 71.9 Å². The molecule has 0 nitrogen and oxygen atoms in total. The third-order valence-corrected chi connectivity index (χ3v) is 4.58. The smallest absolute Gasteiger partial charge is 0.0716 e. The highest BCUT2D eigenvalue weighted by atomic mass is 14.4. The van der Waals surface area contributed by atoms with Crippen LogP contribution in [0.25, 0.3) is 0 Å². The number of hydrogen-bond acceptors (Lipinski definition) is 0. The Kier molecular flexibility index (Phi) is 4.09. The molecule has 81 valence electrons. The van der Waals surface area contributed by atoms with Crippen LogP contribution in [0.3, 0.4) is 0 Å². The molecule has 0 saturated heterocycles. The second kappa shape index (κ2) is 4.72. The molecule has 0 aromatic heterocycles. The second-order valence-electron chi connectivity index (χ2n) is 5.84. The first-order valence-electron chi connectivity index (χ1n) is 6.33. The molecule has 1 saturated carbocycles. The molecule has 0 amide bonds. The summed E-state index contributed by atoms with van der Waals surface area (Å²) in [5.41, 5.74) is 0.529. The number of hydrogen-bond donors (Lipinski definition) is 0. The van der Waals surface area contributed by atoms with E-state index >= 15 is 0 Å². The van der Waals surface area contributed by atoms with E-state index in [-0.39, 0.29) is 0 Å². The van der Waals surface area contributed by atoms with Crippen LogP contribution in [-0.4, -0.2) is 7.28 Å². The summed E-state index contributed by atoms with van der Waals surface area (Å²) in [4.78, 5) is 0. The minimum absolute atomic E-state index is 0.529. The van der Waals surface area contributed by atoms with Gasteiger partial charge in [-0.1, -0.05) is 71.9 Å². The van der Waals surface area contributed by atoms with Crippen LogP contribution in [0.15, 0.2) is 0 Å². The van der Waals surface area contributed by atoms with Gasteiger partial charge in [0, 0.05) is 0 Å². The van der Waals surface area contributed by atoms with Crippen molar-refractivity contribution in [3.8, 4) is 0 Å². The highest BCUT2D eigenvalue weighted by molar-refractivity contribution is 6.39. The molecule has 1 heteroatoms. The van der Waals surface area contributed by atoms with Gasteiger partial charge in [0.1, 0.15) is 7.28 Å². The van der Waals surface area contributed by atoms with Gasteiger partial charge in [-0.15, -0.1) is 0 Å². The van der Waals surface area contributed by atoms with Gasteiger partial charge in [-0.2, -0.15) is 0 Å². The minimum Gasteiger partial charge on any atom is -0.0716 e. The van der Waals surface area contributed by atoms with E-state index in [1.165, 1.54) is 25.7 Å². The highest BCUT2D eigenvalue weighted by Gasteiger charge is 2.37. The van der Waals surface area contributed by atoms with Gasteiger partial charge in [-0.25, -0.2) is 0 Å². The lowest BCUT2D eigenvalue weighted by molar-refractivity contribution is 0.153. The van der Waals surface area contributed by atoms with E-state index in [2.05, 4.69) is 41.9 Å². The summed E-state index contributed by atoms with van der Waals surface area (Å²) in [6.45, 7) is 12.0. The summed E-state index contributed by atoms with van der Waals surface area (Å²) in [6, 6.07) is 0. The summed E-state index contributed by atoms with van der Waals surface area (Å²) in [5, 5.41) is 0. The predicted octanol–water partition coefficient (Wildman–Crippen LogP) is 4.54. The Labute approximate surface area is 91.1 Å². The van der Waals surface area contributed by atoms with Crippen molar-refractivity contribution >= 4 is 7.28 Å². The molecule has 0 N–H and O–H groups in total. The topological polar surface area (TPSA) is 0 Å². The van der Waals surface area contributed by atoms with Crippen LogP contribution in [0, 0.1) is 11.3 Å². The normalized spacial score (nSPS) is 33.8. The summed E-state index contributed by atoms with van der Waals surface area (Å²) >= 11 is 0. The molecule has 0 aromatic rings. The second-order valence-corrected chi connectivity index (χ2v) is 5.84. The van der Waals surface area contributed by atoms with Gasteiger partial charge >= 0.3 is 0 Å². The van der Waals surface area contributed by atoms with Crippen molar-refractivity contribution < 1.29 is 0 Å². The molecule has 1 rings (SSSR count). The van der Waals surface area contributed by atoms with Gasteiger partial charge in [-0.05, 0) is 11.3 Å². The third-order valence-electron chi connectivity index (χ3n) is 4.58. The molecule has 1 radical (unpaired) electrons. The van der Waals surface area contributed by atoms with Gasteiger partial charge < -0.3 is 0 Å². The Bertz CT molecular complexity index is 174. The first-order chi connectivity index (χ1) is 6.48. The Morgan fingerprint density at radius 2 is 2.00 bits per heavy atom. The van der Waals surface area contributed by atoms with Gasteiger partial charge in [-0.3, -0.25) is 0 Å². The monoisotopic (exact) mass is 193 g/mol. The van der Waals surface area contributed by atoms with Crippen molar-refractivity contribution in [1.82, 2.24) is 0 Å². The Hall–Kier alpha value is 0.0649. The van der Waals surface area contributed by atoms with Crippen molar-refractivity contribution in [2.24, 2.45) is 11.3 Å². The van der Waals surface area contributed by atoms with E-state index in [1.54, 1.807) is 0 Å². The fraction of sp³-hybridized carbons (Fsp3) is 1.00. The van der Waals surface area contributed by atoms with Crippen LogP contribution < -0.4 is 0 Å². The van der Waals surface area contributed by atoms with Crippen molar-refractivity contribution in [3.05, 3.63) is 0 Å². The largest absolute Gasteiger partial charge is 0.118 e. The molecule has 3 unspecified atom stereocenters. The van der Waals surface area contributed by atoms with Crippen LogP contribution in [-0.2, 0) is 0 Å². The SMILES string of the molecule is CCC(C)[B]C1CCCC(C)C1(C)C. The van der Waals surface area contributed by atoms with E-state index < -0.39 is 0 Å². The summed E-state index contributed by atoms with van der Waals surface area (Å²) < 4.78 is 0. The molecule has 0 spiro atoms. The maximum Gasteiger partial charge on any atom is 0.118 e. The third kappa shape index (κ3) is 2.55. The van der Waals surface area contributed by atoms with Crippen LogP contribution in [0.4, 0.5) is 0 Å². The Balaban J connectivity index is 2.57. The lowest BCUT2D eigenvalue weighted by Gasteiger charge is -2.45. The lowest BCUT2D eigenvalue weighted by atomic mass is 9.43. The molecule has 0 aliphatic heterocycles.